The molecule has 0 aromatic heterocycles. The van der Waals surface area contributed by atoms with E-state index < -0.39 is 0 Å². The zero-order valence-electron chi connectivity index (χ0n) is 13.0. The van der Waals surface area contributed by atoms with Gasteiger partial charge >= 0.3 is 6.03 Å². The number of aryl methyl sites for hydroxylation is 1. The van der Waals surface area contributed by atoms with Crippen molar-refractivity contribution in [2.45, 2.75) is 13.3 Å². The number of carbonyl (C=O) groups is 1. The zero-order valence-corrected chi connectivity index (χ0v) is 13.0. The van der Waals surface area contributed by atoms with Crippen molar-refractivity contribution >= 4 is 11.7 Å². The number of benzene rings is 1. The summed E-state index contributed by atoms with van der Waals surface area (Å²) in [6, 6.07) is 8.71. The van der Waals surface area contributed by atoms with Gasteiger partial charge in [-0.1, -0.05) is 19.1 Å². The summed E-state index contributed by atoms with van der Waals surface area (Å²) in [4.78, 5) is 16.1. The van der Waals surface area contributed by atoms with E-state index in [9.17, 15) is 4.79 Å². The van der Waals surface area contributed by atoms with Crippen LogP contribution in [0.5, 0.6) is 0 Å². The Kier molecular flexibility index (Phi) is 5.87. The number of nitrogens with zero attached hydrogens (tertiary/aromatic N) is 2. The van der Waals surface area contributed by atoms with Crippen LogP contribution in [0.3, 0.4) is 0 Å². The minimum absolute atomic E-state index is 0.00744. The third-order valence-electron chi connectivity index (χ3n) is 3.86. The number of hydrogen-bond acceptors (Lipinski definition) is 3. The van der Waals surface area contributed by atoms with Crippen LogP contribution in [-0.2, 0) is 11.2 Å². The number of hydrogen-bond donors (Lipinski definition) is 1. The van der Waals surface area contributed by atoms with E-state index in [1.165, 1.54) is 11.3 Å². The molecule has 0 spiro atoms. The molecule has 5 heteroatoms. The van der Waals surface area contributed by atoms with Gasteiger partial charge in [-0.3, -0.25) is 0 Å². The molecule has 21 heavy (non-hydrogen) atoms. The van der Waals surface area contributed by atoms with Crippen LogP contribution in [0.2, 0.25) is 0 Å². The number of urea groups is 1. The van der Waals surface area contributed by atoms with Crippen molar-refractivity contribution < 1.29 is 9.53 Å². The highest BCUT2D eigenvalue weighted by atomic mass is 16.5. The Morgan fingerprint density at radius 3 is 2.43 bits per heavy atom. The first kappa shape index (κ1) is 15.6. The van der Waals surface area contributed by atoms with Gasteiger partial charge in [-0.15, -0.1) is 0 Å². The highest BCUT2D eigenvalue weighted by Crippen LogP contribution is 2.17. The average Bonchev–Trinajstić information content (AvgIpc) is 2.55. The molecule has 1 aliphatic heterocycles. The molecule has 1 aliphatic rings. The SMILES string of the molecule is CCc1ccc(N2CCN(C(=O)NCCOC)CC2)cc1. The number of ether oxygens (including phenoxy) is 1. The predicted molar refractivity (Wildman–Crippen MR) is 84.9 cm³/mol. The Morgan fingerprint density at radius 2 is 1.86 bits per heavy atom. The standard InChI is InChI=1S/C16H25N3O2/c1-3-14-4-6-15(7-5-14)18-9-11-19(12-10-18)16(20)17-8-13-21-2/h4-7H,3,8-13H2,1-2H3,(H,17,20). The molecule has 2 rings (SSSR count). The number of piperazine rings is 1. The van der Waals surface area contributed by atoms with Gasteiger partial charge in [0.1, 0.15) is 0 Å². The normalized spacial score (nSPS) is 15.1. The Morgan fingerprint density at radius 1 is 1.19 bits per heavy atom. The van der Waals surface area contributed by atoms with Crippen LogP contribution in [0.25, 0.3) is 0 Å². The first-order valence-corrected chi connectivity index (χ1v) is 7.60. The summed E-state index contributed by atoms with van der Waals surface area (Å²) >= 11 is 0. The lowest BCUT2D eigenvalue weighted by Crippen LogP contribution is -2.52. The molecular weight excluding hydrogens is 266 g/mol. The van der Waals surface area contributed by atoms with Crippen molar-refractivity contribution in [1.82, 2.24) is 10.2 Å². The van der Waals surface area contributed by atoms with Crippen molar-refractivity contribution in [2.75, 3.05) is 51.3 Å². The molecule has 5 nitrogen and oxygen atoms in total. The quantitative estimate of drug-likeness (QED) is 0.840. The number of amides is 2. The van der Waals surface area contributed by atoms with E-state index in [0.717, 1.165) is 32.6 Å². The van der Waals surface area contributed by atoms with Gasteiger partial charge in [-0.05, 0) is 24.1 Å². The first-order valence-electron chi connectivity index (χ1n) is 7.60. The summed E-state index contributed by atoms with van der Waals surface area (Å²) in [6.45, 7) is 6.55. The molecule has 2 amide bonds. The third-order valence-corrected chi connectivity index (χ3v) is 3.86. The highest BCUT2D eigenvalue weighted by molar-refractivity contribution is 5.74. The average molecular weight is 291 g/mol. The minimum Gasteiger partial charge on any atom is -0.383 e. The zero-order chi connectivity index (χ0) is 15.1. The molecule has 1 fully saturated rings. The fourth-order valence-electron chi connectivity index (χ4n) is 2.48. The number of rotatable bonds is 5. The van der Waals surface area contributed by atoms with Gasteiger partial charge < -0.3 is 19.9 Å². The lowest BCUT2D eigenvalue weighted by atomic mass is 10.1. The molecular formula is C16H25N3O2. The van der Waals surface area contributed by atoms with Gasteiger partial charge in [0.2, 0.25) is 0 Å². The Hall–Kier alpha value is -1.75. The van der Waals surface area contributed by atoms with Gasteiger partial charge in [0.05, 0.1) is 6.61 Å². The number of carbonyl (C=O) groups excluding carboxylic acids is 1. The van der Waals surface area contributed by atoms with Gasteiger partial charge in [0.15, 0.2) is 0 Å². The number of nitrogens with one attached hydrogen (secondary N) is 1. The van der Waals surface area contributed by atoms with Crippen LogP contribution in [0.1, 0.15) is 12.5 Å². The summed E-state index contributed by atoms with van der Waals surface area (Å²) in [5.74, 6) is 0. The highest BCUT2D eigenvalue weighted by Gasteiger charge is 2.20. The van der Waals surface area contributed by atoms with Crippen molar-refractivity contribution in [1.29, 1.82) is 0 Å². The van der Waals surface area contributed by atoms with Crippen LogP contribution in [0, 0.1) is 0 Å². The number of anilines is 1. The van der Waals surface area contributed by atoms with Gasteiger partial charge in [0, 0.05) is 45.5 Å². The molecule has 1 saturated heterocycles. The molecule has 116 valence electrons. The second kappa shape index (κ2) is 7.88. The number of methoxy groups -OCH3 is 1. The molecule has 0 unspecified atom stereocenters. The molecule has 1 aromatic rings. The van der Waals surface area contributed by atoms with Crippen LogP contribution < -0.4 is 10.2 Å². The van der Waals surface area contributed by atoms with Crippen LogP contribution in [-0.4, -0.2) is 57.4 Å². The second-order valence-corrected chi connectivity index (χ2v) is 5.22. The molecule has 1 N–H and O–H groups in total. The molecule has 0 aliphatic carbocycles. The summed E-state index contributed by atoms with van der Waals surface area (Å²) in [5, 5.41) is 2.87. The molecule has 0 saturated carbocycles. The lowest BCUT2D eigenvalue weighted by Gasteiger charge is -2.36. The maximum atomic E-state index is 11.9. The summed E-state index contributed by atoms with van der Waals surface area (Å²) < 4.78 is 4.93. The molecule has 0 bridgehead atoms. The fourth-order valence-corrected chi connectivity index (χ4v) is 2.48. The van der Waals surface area contributed by atoms with Gasteiger partial charge in [-0.25, -0.2) is 4.79 Å². The smallest absolute Gasteiger partial charge is 0.317 e. The van der Waals surface area contributed by atoms with Crippen molar-refractivity contribution in [2.24, 2.45) is 0 Å². The predicted octanol–water partition coefficient (Wildman–Crippen LogP) is 1.73. The van der Waals surface area contributed by atoms with E-state index in [1.807, 2.05) is 4.90 Å². The first-order chi connectivity index (χ1) is 10.2. The molecule has 1 heterocycles. The molecule has 0 radical (unpaired) electrons. The van der Waals surface area contributed by atoms with E-state index in [1.54, 1.807) is 7.11 Å². The van der Waals surface area contributed by atoms with E-state index in [0.29, 0.717) is 13.2 Å². The summed E-state index contributed by atoms with van der Waals surface area (Å²) in [7, 11) is 1.63. The third kappa shape index (κ3) is 4.36. The Balaban J connectivity index is 1.80. The lowest BCUT2D eigenvalue weighted by molar-refractivity contribution is 0.177. The molecule has 0 atom stereocenters. The summed E-state index contributed by atoms with van der Waals surface area (Å²) in [5.41, 5.74) is 2.60. The monoisotopic (exact) mass is 291 g/mol. The molecule has 1 aromatic carbocycles. The maximum Gasteiger partial charge on any atom is 0.317 e. The fraction of sp³-hybridized carbons (Fsp3) is 0.562. The maximum absolute atomic E-state index is 11.9. The largest absolute Gasteiger partial charge is 0.383 e. The van der Waals surface area contributed by atoms with Crippen LogP contribution in [0.15, 0.2) is 24.3 Å². The van der Waals surface area contributed by atoms with E-state index in [2.05, 4.69) is 41.4 Å². The van der Waals surface area contributed by atoms with Gasteiger partial charge in [0.25, 0.3) is 0 Å². The van der Waals surface area contributed by atoms with Crippen LogP contribution >= 0.6 is 0 Å². The van der Waals surface area contributed by atoms with Crippen LogP contribution in [0.4, 0.5) is 10.5 Å². The minimum atomic E-state index is 0.00744. The topological polar surface area (TPSA) is 44.8 Å². The van der Waals surface area contributed by atoms with E-state index in [4.69, 9.17) is 4.74 Å². The van der Waals surface area contributed by atoms with E-state index >= 15 is 0 Å². The Bertz CT molecular complexity index is 439. The van der Waals surface area contributed by atoms with E-state index in [-0.39, 0.29) is 6.03 Å². The van der Waals surface area contributed by atoms with Crippen molar-refractivity contribution in [3.05, 3.63) is 29.8 Å². The Labute approximate surface area is 126 Å². The second-order valence-electron chi connectivity index (χ2n) is 5.22. The summed E-state index contributed by atoms with van der Waals surface area (Å²) in [6.07, 6.45) is 1.07. The van der Waals surface area contributed by atoms with Crippen molar-refractivity contribution in [3.8, 4) is 0 Å². The van der Waals surface area contributed by atoms with Crippen molar-refractivity contribution in [3.63, 3.8) is 0 Å². The van der Waals surface area contributed by atoms with Gasteiger partial charge in [-0.2, -0.15) is 0 Å².